The Kier molecular flexibility index (Phi) is 2.47. The van der Waals surface area contributed by atoms with E-state index in [1.165, 1.54) is 0 Å². The number of rotatable bonds is 3. The summed E-state index contributed by atoms with van der Waals surface area (Å²) in [6.07, 6.45) is 3.85. The van der Waals surface area contributed by atoms with Gasteiger partial charge in [-0.15, -0.1) is 0 Å². The maximum absolute atomic E-state index is 9.36. The number of aliphatic hydroxyl groups is 1. The van der Waals surface area contributed by atoms with Gasteiger partial charge in [0, 0.05) is 25.4 Å². The zero-order chi connectivity index (χ0) is 9.97. The number of fused-ring (bicyclic) bond motifs is 1. The minimum absolute atomic E-state index is 0.272. The maximum Gasteiger partial charge on any atom is 0.136 e. The molecule has 0 aliphatic rings. The van der Waals surface area contributed by atoms with E-state index in [2.05, 4.69) is 4.98 Å². The zero-order valence-electron chi connectivity index (χ0n) is 7.80. The molecular weight excluding hydrogens is 178 g/mol. The molecule has 1 unspecified atom stereocenters. The molecule has 0 aliphatic carbocycles. The average Bonchev–Trinajstić information content (AvgIpc) is 2.59. The van der Waals surface area contributed by atoms with E-state index >= 15 is 0 Å². The van der Waals surface area contributed by atoms with E-state index in [1.54, 1.807) is 0 Å². The Morgan fingerprint density at radius 1 is 1.50 bits per heavy atom. The van der Waals surface area contributed by atoms with E-state index < -0.39 is 6.10 Å². The number of pyridine rings is 1. The fourth-order valence-corrected chi connectivity index (χ4v) is 1.41. The molecule has 0 saturated carbocycles. The van der Waals surface area contributed by atoms with Crippen molar-refractivity contribution in [3.8, 4) is 0 Å². The topological polar surface area (TPSA) is 63.5 Å². The van der Waals surface area contributed by atoms with Crippen LogP contribution in [0.3, 0.4) is 0 Å². The number of nitrogens with two attached hydrogens (primary N) is 1. The largest absolute Gasteiger partial charge is 0.391 e. The van der Waals surface area contributed by atoms with Crippen LogP contribution in [0.1, 0.15) is 5.69 Å². The van der Waals surface area contributed by atoms with E-state index in [9.17, 15) is 5.11 Å². The van der Waals surface area contributed by atoms with Gasteiger partial charge in [0.05, 0.1) is 11.8 Å². The summed E-state index contributed by atoms with van der Waals surface area (Å²) in [6, 6.07) is 5.81. The van der Waals surface area contributed by atoms with Gasteiger partial charge in [0.1, 0.15) is 5.65 Å². The molecule has 4 nitrogen and oxygen atoms in total. The van der Waals surface area contributed by atoms with Crippen molar-refractivity contribution in [1.29, 1.82) is 0 Å². The van der Waals surface area contributed by atoms with Crippen molar-refractivity contribution in [3.63, 3.8) is 0 Å². The first kappa shape index (κ1) is 9.18. The summed E-state index contributed by atoms with van der Waals surface area (Å²) in [6.45, 7) is 0.272. The molecule has 0 radical (unpaired) electrons. The smallest absolute Gasteiger partial charge is 0.136 e. The van der Waals surface area contributed by atoms with Crippen LogP contribution in [0, 0.1) is 0 Å². The van der Waals surface area contributed by atoms with Gasteiger partial charge in [-0.25, -0.2) is 4.98 Å². The van der Waals surface area contributed by atoms with Crippen molar-refractivity contribution < 1.29 is 5.11 Å². The molecule has 14 heavy (non-hydrogen) atoms. The van der Waals surface area contributed by atoms with Crippen molar-refractivity contribution in [3.05, 3.63) is 36.3 Å². The molecule has 0 spiro atoms. The number of aromatic nitrogens is 2. The third-order valence-corrected chi connectivity index (χ3v) is 2.13. The van der Waals surface area contributed by atoms with E-state index in [0.29, 0.717) is 6.42 Å². The molecule has 74 valence electrons. The van der Waals surface area contributed by atoms with Gasteiger partial charge in [0.15, 0.2) is 0 Å². The Bertz CT molecular complexity index is 391. The fourth-order valence-electron chi connectivity index (χ4n) is 1.41. The van der Waals surface area contributed by atoms with Crippen molar-refractivity contribution in [1.82, 2.24) is 9.38 Å². The Morgan fingerprint density at radius 2 is 2.36 bits per heavy atom. The molecule has 2 heterocycles. The molecule has 0 aliphatic heterocycles. The lowest BCUT2D eigenvalue weighted by atomic mass is 10.2. The van der Waals surface area contributed by atoms with Crippen LogP contribution < -0.4 is 5.73 Å². The van der Waals surface area contributed by atoms with Crippen molar-refractivity contribution in [2.75, 3.05) is 6.54 Å². The highest BCUT2D eigenvalue weighted by molar-refractivity contribution is 5.39. The molecular formula is C10H13N3O. The minimum Gasteiger partial charge on any atom is -0.391 e. The first-order chi connectivity index (χ1) is 6.79. The van der Waals surface area contributed by atoms with Gasteiger partial charge in [-0.2, -0.15) is 0 Å². The SMILES string of the molecule is NCC(O)Cc1cn2ccccc2n1. The van der Waals surface area contributed by atoms with Crippen molar-refractivity contribution >= 4 is 5.65 Å². The number of aliphatic hydroxyl groups excluding tert-OH is 1. The predicted octanol–water partition coefficient (Wildman–Crippen LogP) is 0.196. The van der Waals surface area contributed by atoms with Crippen LogP contribution in [0.2, 0.25) is 0 Å². The third-order valence-electron chi connectivity index (χ3n) is 2.13. The molecule has 4 heteroatoms. The van der Waals surface area contributed by atoms with Crippen LogP contribution in [0.25, 0.3) is 5.65 Å². The van der Waals surface area contributed by atoms with Crippen molar-refractivity contribution in [2.45, 2.75) is 12.5 Å². The van der Waals surface area contributed by atoms with Gasteiger partial charge < -0.3 is 15.2 Å². The summed E-state index contributed by atoms with van der Waals surface area (Å²) in [5.74, 6) is 0. The Balaban J connectivity index is 2.27. The van der Waals surface area contributed by atoms with Crippen LogP contribution in [-0.2, 0) is 6.42 Å². The first-order valence-corrected chi connectivity index (χ1v) is 4.60. The van der Waals surface area contributed by atoms with Gasteiger partial charge in [-0.05, 0) is 12.1 Å². The standard InChI is InChI=1S/C10H13N3O/c11-6-9(14)5-8-7-13-4-2-1-3-10(13)12-8/h1-4,7,9,14H,5-6,11H2. The summed E-state index contributed by atoms with van der Waals surface area (Å²) in [4.78, 5) is 4.35. The summed E-state index contributed by atoms with van der Waals surface area (Å²) >= 11 is 0. The third kappa shape index (κ3) is 1.76. The van der Waals surface area contributed by atoms with E-state index in [-0.39, 0.29) is 6.54 Å². The van der Waals surface area contributed by atoms with Crippen LogP contribution in [-0.4, -0.2) is 27.1 Å². The van der Waals surface area contributed by atoms with Crippen molar-refractivity contribution in [2.24, 2.45) is 5.73 Å². The zero-order valence-corrected chi connectivity index (χ0v) is 7.80. The lowest BCUT2D eigenvalue weighted by Gasteiger charge is -2.02. The van der Waals surface area contributed by atoms with Gasteiger partial charge in [-0.1, -0.05) is 6.07 Å². The average molecular weight is 191 g/mol. The molecule has 0 fully saturated rings. The minimum atomic E-state index is -0.500. The molecule has 3 N–H and O–H groups in total. The van der Waals surface area contributed by atoms with Gasteiger partial charge >= 0.3 is 0 Å². The van der Waals surface area contributed by atoms with Gasteiger partial charge in [0.25, 0.3) is 0 Å². The summed E-state index contributed by atoms with van der Waals surface area (Å²) in [5.41, 5.74) is 7.09. The fraction of sp³-hybridized carbons (Fsp3) is 0.300. The van der Waals surface area contributed by atoms with Crippen LogP contribution in [0.15, 0.2) is 30.6 Å². The molecule has 1 atom stereocenters. The molecule has 2 aromatic heterocycles. The second kappa shape index (κ2) is 3.77. The van der Waals surface area contributed by atoms with E-state index in [4.69, 9.17) is 5.73 Å². The second-order valence-corrected chi connectivity index (χ2v) is 3.29. The number of hydrogen-bond donors (Lipinski definition) is 2. The molecule has 2 rings (SSSR count). The molecule has 0 saturated heterocycles. The Morgan fingerprint density at radius 3 is 3.07 bits per heavy atom. The highest BCUT2D eigenvalue weighted by Crippen LogP contribution is 2.06. The Labute approximate surface area is 82.0 Å². The van der Waals surface area contributed by atoms with Crippen LogP contribution >= 0.6 is 0 Å². The monoisotopic (exact) mass is 191 g/mol. The van der Waals surface area contributed by atoms with Gasteiger partial charge in [-0.3, -0.25) is 0 Å². The number of nitrogens with zero attached hydrogens (tertiary/aromatic N) is 2. The van der Waals surface area contributed by atoms with Crippen LogP contribution in [0.4, 0.5) is 0 Å². The van der Waals surface area contributed by atoms with Crippen LogP contribution in [0.5, 0.6) is 0 Å². The Hall–Kier alpha value is -1.39. The molecule has 0 amide bonds. The molecule has 0 aromatic carbocycles. The normalized spacial score (nSPS) is 13.3. The quantitative estimate of drug-likeness (QED) is 0.728. The highest BCUT2D eigenvalue weighted by Gasteiger charge is 2.06. The summed E-state index contributed by atoms with van der Waals surface area (Å²) in [7, 11) is 0. The lowest BCUT2D eigenvalue weighted by molar-refractivity contribution is 0.182. The highest BCUT2D eigenvalue weighted by atomic mass is 16.3. The number of hydrogen-bond acceptors (Lipinski definition) is 3. The molecule has 0 bridgehead atoms. The number of imidazole rings is 1. The first-order valence-electron chi connectivity index (χ1n) is 4.60. The summed E-state index contributed by atoms with van der Waals surface area (Å²) in [5, 5.41) is 9.36. The lowest BCUT2D eigenvalue weighted by Crippen LogP contribution is -2.22. The molecule has 2 aromatic rings. The van der Waals surface area contributed by atoms with E-state index in [1.807, 2.05) is 35.0 Å². The predicted molar refractivity (Wildman–Crippen MR) is 54.0 cm³/mol. The second-order valence-electron chi connectivity index (χ2n) is 3.29. The maximum atomic E-state index is 9.36. The summed E-state index contributed by atoms with van der Waals surface area (Å²) < 4.78 is 1.93. The van der Waals surface area contributed by atoms with E-state index in [0.717, 1.165) is 11.3 Å². The van der Waals surface area contributed by atoms with Gasteiger partial charge in [0.2, 0.25) is 0 Å².